The Hall–Kier alpha value is -2.37. The second-order valence-electron chi connectivity index (χ2n) is 8.91. The molecule has 1 atom stereocenters. The summed E-state index contributed by atoms with van der Waals surface area (Å²) in [6, 6.07) is 7.87. The Labute approximate surface area is 172 Å². The van der Waals surface area contributed by atoms with Crippen LogP contribution in [0.15, 0.2) is 24.3 Å². The minimum Gasteiger partial charge on any atom is -0.334 e. The van der Waals surface area contributed by atoms with Crippen LogP contribution < -0.4 is 5.32 Å². The lowest BCUT2D eigenvalue weighted by molar-refractivity contribution is -0.140. The molecule has 1 saturated carbocycles. The molecule has 4 amide bonds. The largest absolute Gasteiger partial charge is 0.334 e. The highest BCUT2D eigenvalue weighted by Gasteiger charge is 2.53. The van der Waals surface area contributed by atoms with Crippen molar-refractivity contribution in [1.29, 1.82) is 0 Å². The highest BCUT2D eigenvalue weighted by Crippen LogP contribution is 2.38. The van der Waals surface area contributed by atoms with E-state index in [2.05, 4.69) is 36.5 Å². The molecule has 29 heavy (non-hydrogen) atoms. The molecule has 1 spiro atoms. The molecular formula is C23H31N3O3. The lowest BCUT2D eigenvalue weighted by Gasteiger charge is -2.34. The molecule has 3 aliphatic rings. The van der Waals surface area contributed by atoms with Crippen molar-refractivity contribution in [1.82, 2.24) is 15.1 Å². The van der Waals surface area contributed by atoms with Crippen LogP contribution in [-0.4, -0.2) is 46.3 Å². The van der Waals surface area contributed by atoms with E-state index in [9.17, 15) is 14.4 Å². The van der Waals surface area contributed by atoms with Crippen LogP contribution in [-0.2, 0) is 9.59 Å². The van der Waals surface area contributed by atoms with Crippen molar-refractivity contribution >= 4 is 17.8 Å². The number of imide groups is 1. The number of carbonyl (C=O) groups is 3. The molecule has 0 aromatic heterocycles. The van der Waals surface area contributed by atoms with Gasteiger partial charge in [-0.05, 0) is 56.9 Å². The zero-order chi connectivity index (χ0) is 20.6. The fraction of sp³-hybridized carbons (Fsp3) is 0.609. The number of likely N-dealkylation sites (tertiary alicyclic amines) is 1. The topological polar surface area (TPSA) is 69.7 Å². The van der Waals surface area contributed by atoms with Crippen LogP contribution in [0.5, 0.6) is 0 Å². The molecule has 2 heterocycles. The first-order valence-corrected chi connectivity index (χ1v) is 10.9. The van der Waals surface area contributed by atoms with Crippen LogP contribution in [0, 0.1) is 12.8 Å². The molecule has 6 heteroatoms. The van der Waals surface area contributed by atoms with Crippen LogP contribution in [0.1, 0.15) is 69.0 Å². The summed E-state index contributed by atoms with van der Waals surface area (Å²) < 4.78 is 0. The Balaban J connectivity index is 1.44. The summed E-state index contributed by atoms with van der Waals surface area (Å²) in [5.74, 6) is 0.272. The van der Waals surface area contributed by atoms with Gasteiger partial charge < -0.3 is 10.2 Å². The molecule has 1 aromatic carbocycles. The van der Waals surface area contributed by atoms with Gasteiger partial charge in [0.15, 0.2) is 0 Å². The van der Waals surface area contributed by atoms with Crippen molar-refractivity contribution in [3.63, 3.8) is 0 Å². The van der Waals surface area contributed by atoms with E-state index in [1.807, 2.05) is 11.8 Å². The fourth-order valence-electron chi connectivity index (χ4n) is 5.16. The van der Waals surface area contributed by atoms with Crippen molar-refractivity contribution in [3.8, 4) is 0 Å². The van der Waals surface area contributed by atoms with E-state index in [4.69, 9.17) is 0 Å². The fourth-order valence-corrected chi connectivity index (χ4v) is 5.16. The molecule has 2 aliphatic heterocycles. The Morgan fingerprint density at radius 3 is 2.48 bits per heavy atom. The summed E-state index contributed by atoms with van der Waals surface area (Å²) in [5.41, 5.74) is 1.52. The average molecular weight is 398 g/mol. The maximum absolute atomic E-state index is 13.1. The SMILES string of the molecule is CCC1CCC2(CC1)NC(=O)N(CC(=O)N1CCCC1c1ccc(C)cc1)C2=O. The van der Waals surface area contributed by atoms with Gasteiger partial charge >= 0.3 is 6.03 Å². The molecule has 0 bridgehead atoms. The minimum absolute atomic E-state index is 0.0258. The Bertz CT molecular complexity index is 796. The predicted molar refractivity (Wildman–Crippen MR) is 110 cm³/mol. The molecule has 1 aromatic rings. The summed E-state index contributed by atoms with van der Waals surface area (Å²) in [6.07, 6.45) is 6.21. The molecule has 156 valence electrons. The zero-order valence-corrected chi connectivity index (χ0v) is 17.4. The highest BCUT2D eigenvalue weighted by molar-refractivity contribution is 6.09. The Morgan fingerprint density at radius 1 is 1.14 bits per heavy atom. The number of hydrogen-bond donors (Lipinski definition) is 1. The predicted octanol–water partition coefficient (Wildman–Crippen LogP) is 3.55. The number of nitrogens with zero attached hydrogens (tertiary/aromatic N) is 2. The van der Waals surface area contributed by atoms with Gasteiger partial charge in [0.2, 0.25) is 5.91 Å². The van der Waals surface area contributed by atoms with E-state index < -0.39 is 11.6 Å². The standard InChI is InChI=1S/C23H31N3O3/c1-3-17-10-12-23(13-11-17)21(28)26(22(29)24-23)15-20(27)25-14-4-5-19(25)18-8-6-16(2)7-9-18/h6-9,17,19H,3-5,10-15H2,1-2H3,(H,24,29). The third kappa shape index (κ3) is 3.65. The maximum atomic E-state index is 13.1. The van der Waals surface area contributed by atoms with Crippen LogP contribution in [0.25, 0.3) is 0 Å². The third-order valence-electron chi connectivity index (χ3n) is 7.11. The van der Waals surface area contributed by atoms with Crippen molar-refractivity contribution in [2.45, 2.75) is 70.4 Å². The number of nitrogens with one attached hydrogen (secondary N) is 1. The van der Waals surface area contributed by atoms with Crippen LogP contribution in [0.3, 0.4) is 0 Å². The normalized spacial score (nSPS) is 29.6. The molecule has 4 rings (SSSR count). The lowest BCUT2D eigenvalue weighted by Crippen LogP contribution is -2.50. The molecule has 0 radical (unpaired) electrons. The molecule has 3 fully saturated rings. The quantitative estimate of drug-likeness (QED) is 0.790. The van der Waals surface area contributed by atoms with E-state index in [1.54, 1.807) is 0 Å². The van der Waals surface area contributed by atoms with Crippen LogP contribution in [0.2, 0.25) is 0 Å². The number of hydrogen-bond acceptors (Lipinski definition) is 3. The van der Waals surface area contributed by atoms with Crippen molar-refractivity contribution in [2.24, 2.45) is 5.92 Å². The average Bonchev–Trinajstić information content (AvgIpc) is 3.29. The van der Waals surface area contributed by atoms with Gasteiger partial charge in [0.25, 0.3) is 5.91 Å². The van der Waals surface area contributed by atoms with E-state index in [1.165, 1.54) is 5.56 Å². The second kappa shape index (κ2) is 7.81. The van der Waals surface area contributed by atoms with E-state index >= 15 is 0 Å². The molecule has 2 saturated heterocycles. The molecule has 1 unspecified atom stereocenters. The van der Waals surface area contributed by atoms with Gasteiger partial charge in [-0.2, -0.15) is 0 Å². The maximum Gasteiger partial charge on any atom is 0.325 e. The second-order valence-corrected chi connectivity index (χ2v) is 8.91. The zero-order valence-electron chi connectivity index (χ0n) is 17.4. The van der Waals surface area contributed by atoms with E-state index in [0.29, 0.717) is 25.3 Å². The number of rotatable bonds is 4. The summed E-state index contributed by atoms with van der Waals surface area (Å²) in [4.78, 5) is 41.7. The van der Waals surface area contributed by atoms with Gasteiger partial charge in [-0.25, -0.2) is 4.79 Å². The summed E-state index contributed by atoms with van der Waals surface area (Å²) in [7, 11) is 0. The molecule has 6 nitrogen and oxygen atoms in total. The van der Waals surface area contributed by atoms with Gasteiger partial charge in [0.05, 0.1) is 6.04 Å². The van der Waals surface area contributed by atoms with Gasteiger partial charge in [-0.15, -0.1) is 0 Å². The van der Waals surface area contributed by atoms with Gasteiger partial charge in [0, 0.05) is 6.54 Å². The smallest absolute Gasteiger partial charge is 0.325 e. The van der Waals surface area contributed by atoms with E-state index in [0.717, 1.165) is 42.6 Å². The van der Waals surface area contributed by atoms with Crippen molar-refractivity contribution in [3.05, 3.63) is 35.4 Å². The monoisotopic (exact) mass is 397 g/mol. The number of urea groups is 1. The first kappa shape index (κ1) is 19.9. The Kier molecular flexibility index (Phi) is 5.36. The first-order valence-electron chi connectivity index (χ1n) is 10.9. The third-order valence-corrected chi connectivity index (χ3v) is 7.11. The van der Waals surface area contributed by atoms with Gasteiger partial charge in [-0.1, -0.05) is 43.2 Å². The summed E-state index contributed by atoms with van der Waals surface area (Å²) in [5, 5.41) is 2.93. The number of aryl methyl sites for hydroxylation is 1. The Morgan fingerprint density at radius 2 is 1.83 bits per heavy atom. The van der Waals surface area contributed by atoms with E-state index in [-0.39, 0.29) is 24.4 Å². The summed E-state index contributed by atoms with van der Waals surface area (Å²) >= 11 is 0. The van der Waals surface area contributed by atoms with Crippen molar-refractivity contribution < 1.29 is 14.4 Å². The summed E-state index contributed by atoms with van der Waals surface area (Å²) in [6.45, 7) is 4.72. The van der Waals surface area contributed by atoms with Crippen LogP contribution in [0.4, 0.5) is 4.79 Å². The highest BCUT2D eigenvalue weighted by atomic mass is 16.2. The number of benzene rings is 1. The molecular weight excluding hydrogens is 366 g/mol. The lowest BCUT2D eigenvalue weighted by atomic mass is 9.75. The van der Waals surface area contributed by atoms with Crippen LogP contribution >= 0.6 is 0 Å². The molecule has 1 N–H and O–H groups in total. The van der Waals surface area contributed by atoms with Gasteiger partial charge in [-0.3, -0.25) is 14.5 Å². The first-order chi connectivity index (χ1) is 13.9. The molecule has 1 aliphatic carbocycles. The number of amides is 4. The number of carbonyl (C=O) groups excluding carboxylic acids is 3. The van der Waals surface area contributed by atoms with Gasteiger partial charge in [0.1, 0.15) is 12.1 Å². The van der Waals surface area contributed by atoms with Crippen molar-refractivity contribution in [2.75, 3.05) is 13.1 Å². The minimum atomic E-state index is -0.787.